The van der Waals surface area contributed by atoms with Crippen molar-refractivity contribution in [2.45, 2.75) is 13.1 Å². The van der Waals surface area contributed by atoms with Crippen molar-refractivity contribution in [1.29, 1.82) is 0 Å². The van der Waals surface area contributed by atoms with Crippen LogP contribution in [0.5, 0.6) is 23.1 Å². The summed E-state index contributed by atoms with van der Waals surface area (Å²) < 4.78 is 59.0. The molecule has 0 spiro atoms. The molecular formula is C22H18F3N5O5. The average molecular weight is 489 g/mol. The molecule has 4 rings (SSSR count). The predicted molar refractivity (Wildman–Crippen MR) is 118 cm³/mol. The summed E-state index contributed by atoms with van der Waals surface area (Å²) in [4.78, 5) is 28.6. The van der Waals surface area contributed by atoms with Crippen LogP contribution in [0, 0.1) is 6.92 Å². The van der Waals surface area contributed by atoms with Gasteiger partial charge in [0, 0.05) is 11.5 Å². The second-order valence-corrected chi connectivity index (χ2v) is 7.08. The number of ether oxygens (including phenoxy) is 4. The summed E-state index contributed by atoms with van der Waals surface area (Å²) in [7, 11) is 4.30. The molecule has 182 valence electrons. The van der Waals surface area contributed by atoms with Crippen LogP contribution in [0.2, 0.25) is 0 Å². The molecule has 10 nitrogen and oxygen atoms in total. The van der Waals surface area contributed by atoms with E-state index >= 15 is 0 Å². The summed E-state index contributed by atoms with van der Waals surface area (Å²) in [6.45, 7) is 1.73. The number of nitrogens with one attached hydrogen (secondary N) is 1. The van der Waals surface area contributed by atoms with Gasteiger partial charge in [-0.15, -0.1) is 0 Å². The first-order chi connectivity index (χ1) is 16.6. The van der Waals surface area contributed by atoms with Gasteiger partial charge in [0.25, 0.3) is 0 Å². The highest BCUT2D eigenvalue weighted by Crippen LogP contribution is 2.35. The fourth-order valence-corrected chi connectivity index (χ4v) is 3.32. The summed E-state index contributed by atoms with van der Waals surface area (Å²) in [6.07, 6.45) is -5.23. The lowest BCUT2D eigenvalue weighted by atomic mass is 10.1. The second-order valence-electron chi connectivity index (χ2n) is 7.08. The first-order valence-electron chi connectivity index (χ1n) is 9.95. The maximum Gasteiger partial charge on any atom is 0.491 e. The van der Waals surface area contributed by atoms with Gasteiger partial charge in [-0.25, -0.2) is 19.7 Å². The summed E-state index contributed by atoms with van der Waals surface area (Å²) in [5.41, 5.74) is 1.17. The zero-order valence-corrected chi connectivity index (χ0v) is 18.9. The molecule has 0 fully saturated rings. The van der Waals surface area contributed by atoms with Crippen LogP contribution in [0.1, 0.15) is 5.69 Å². The lowest BCUT2D eigenvalue weighted by Crippen LogP contribution is -2.28. The van der Waals surface area contributed by atoms with Crippen LogP contribution in [0.25, 0.3) is 21.8 Å². The molecule has 35 heavy (non-hydrogen) atoms. The van der Waals surface area contributed by atoms with Crippen molar-refractivity contribution in [2.75, 3.05) is 26.6 Å². The minimum Gasteiger partial charge on any atom is -0.497 e. The number of aromatic nitrogens is 4. The van der Waals surface area contributed by atoms with Gasteiger partial charge in [-0.05, 0) is 25.1 Å². The van der Waals surface area contributed by atoms with Gasteiger partial charge in [-0.3, -0.25) is 5.32 Å². The van der Waals surface area contributed by atoms with Gasteiger partial charge < -0.3 is 18.9 Å². The number of nitrogens with zero attached hydrogens (tertiary/aromatic N) is 4. The van der Waals surface area contributed by atoms with Crippen molar-refractivity contribution >= 4 is 39.7 Å². The van der Waals surface area contributed by atoms with E-state index in [1.165, 1.54) is 33.5 Å². The highest BCUT2D eigenvalue weighted by atomic mass is 19.4. The fourth-order valence-electron chi connectivity index (χ4n) is 3.32. The number of hydrogen-bond donors (Lipinski definition) is 1. The van der Waals surface area contributed by atoms with E-state index in [2.05, 4.69) is 30.0 Å². The number of aryl methyl sites for hydroxylation is 1. The Morgan fingerprint density at radius 2 is 1.63 bits per heavy atom. The number of rotatable bonds is 6. The van der Waals surface area contributed by atoms with Gasteiger partial charge in [-0.2, -0.15) is 18.2 Å². The molecular weight excluding hydrogens is 471 g/mol. The summed E-state index contributed by atoms with van der Waals surface area (Å²) >= 11 is 0. The Hall–Kier alpha value is -4.42. The number of hydrogen-bond acceptors (Lipinski definition) is 10. The Morgan fingerprint density at radius 3 is 2.29 bits per heavy atom. The fraction of sp³-hybridized carbons (Fsp3) is 0.227. The molecule has 0 radical (unpaired) electrons. The van der Waals surface area contributed by atoms with Crippen LogP contribution in [-0.2, 0) is 4.79 Å². The second kappa shape index (κ2) is 9.08. The Morgan fingerprint density at radius 1 is 0.914 bits per heavy atom. The first kappa shape index (κ1) is 23.7. The van der Waals surface area contributed by atoms with E-state index in [4.69, 9.17) is 14.2 Å². The molecule has 0 aliphatic heterocycles. The van der Waals surface area contributed by atoms with E-state index in [0.717, 1.165) is 0 Å². The summed E-state index contributed by atoms with van der Waals surface area (Å²) in [6, 6.07) is 7.93. The van der Waals surface area contributed by atoms with Gasteiger partial charge >= 0.3 is 12.1 Å². The molecule has 13 heteroatoms. The van der Waals surface area contributed by atoms with E-state index in [9.17, 15) is 18.0 Å². The number of carbonyl (C=O) groups is 1. The minimum atomic E-state index is -5.23. The molecule has 2 aromatic heterocycles. The molecule has 0 bridgehead atoms. The Kier molecular flexibility index (Phi) is 6.16. The predicted octanol–water partition coefficient (Wildman–Crippen LogP) is 4.12. The van der Waals surface area contributed by atoms with Crippen molar-refractivity contribution in [2.24, 2.45) is 0 Å². The normalized spacial score (nSPS) is 11.4. The molecule has 4 aromatic rings. The quantitative estimate of drug-likeness (QED) is 0.396. The molecule has 0 saturated heterocycles. The SMILES string of the molecule is COc1cc(OC)c2nc(Nc3nc(OC(=O)C(F)(F)F)c4c(OC)cccc4n3)nc(C)c2c1. The average Bonchev–Trinajstić information content (AvgIpc) is 2.82. The van der Waals surface area contributed by atoms with Gasteiger partial charge in [0.15, 0.2) is 0 Å². The summed E-state index contributed by atoms with van der Waals surface area (Å²) in [5.74, 6) is -2.17. The van der Waals surface area contributed by atoms with E-state index in [1.54, 1.807) is 25.1 Å². The Labute approximate surface area is 196 Å². The summed E-state index contributed by atoms with van der Waals surface area (Å²) in [5, 5.41) is 3.41. The molecule has 0 amide bonds. The van der Waals surface area contributed by atoms with E-state index in [1.807, 2.05) is 0 Å². The van der Waals surface area contributed by atoms with E-state index < -0.39 is 18.0 Å². The molecule has 0 aliphatic rings. The molecule has 0 unspecified atom stereocenters. The van der Waals surface area contributed by atoms with Gasteiger partial charge in [0.2, 0.25) is 17.8 Å². The molecule has 1 N–H and O–H groups in total. The largest absolute Gasteiger partial charge is 0.497 e. The van der Waals surface area contributed by atoms with Crippen molar-refractivity contribution < 1.29 is 36.9 Å². The molecule has 2 aromatic carbocycles. The van der Waals surface area contributed by atoms with Crippen LogP contribution in [0.4, 0.5) is 25.1 Å². The zero-order chi connectivity index (χ0) is 25.3. The highest BCUT2D eigenvalue weighted by molar-refractivity contribution is 5.93. The van der Waals surface area contributed by atoms with Crippen LogP contribution in [0.15, 0.2) is 30.3 Å². The lowest BCUT2D eigenvalue weighted by molar-refractivity contribution is -0.189. The number of esters is 1. The monoisotopic (exact) mass is 489 g/mol. The number of benzene rings is 2. The maximum atomic E-state index is 12.9. The van der Waals surface area contributed by atoms with Crippen molar-refractivity contribution in [3.8, 4) is 23.1 Å². The molecule has 0 saturated carbocycles. The standard InChI is InChI=1S/C22H18F3N5O5/c1-10-12-8-11(32-2)9-15(34-4)17(12)28-20(26-10)30-21-27-13-6-5-7-14(33-3)16(13)18(29-21)35-19(31)22(23,24)25/h5-9H,1-4H3,(H,26,27,28,29,30). The first-order valence-corrected chi connectivity index (χ1v) is 9.95. The maximum absolute atomic E-state index is 12.9. The number of halogens is 3. The number of fused-ring (bicyclic) bond motifs is 2. The Balaban J connectivity index is 1.82. The lowest BCUT2D eigenvalue weighted by Gasteiger charge is -2.14. The molecule has 2 heterocycles. The van der Waals surface area contributed by atoms with E-state index in [-0.39, 0.29) is 28.5 Å². The van der Waals surface area contributed by atoms with Crippen LogP contribution < -0.4 is 24.3 Å². The molecule has 0 aliphatic carbocycles. The zero-order valence-electron chi connectivity index (χ0n) is 18.9. The van der Waals surface area contributed by atoms with Gasteiger partial charge in [-0.1, -0.05) is 6.07 Å². The number of carbonyl (C=O) groups excluding carboxylic acids is 1. The van der Waals surface area contributed by atoms with Crippen LogP contribution >= 0.6 is 0 Å². The third-order valence-electron chi connectivity index (χ3n) is 4.90. The van der Waals surface area contributed by atoms with E-state index in [0.29, 0.717) is 28.1 Å². The highest BCUT2D eigenvalue weighted by Gasteiger charge is 2.42. The third-order valence-corrected chi connectivity index (χ3v) is 4.90. The van der Waals surface area contributed by atoms with Gasteiger partial charge in [0.1, 0.15) is 28.2 Å². The third kappa shape index (κ3) is 4.65. The smallest absolute Gasteiger partial charge is 0.491 e. The number of anilines is 2. The Bertz CT molecular complexity index is 1450. The van der Waals surface area contributed by atoms with Crippen LogP contribution in [-0.4, -0.2) is 53.4 Å². The number of methoxy groups -OCH3 is 3. The van der Waals surface area contributed by atoms with Crippen molar-refractivity contribution in [3.05, 3.63) is 36.0 Å². The van der Waals surface area contributed by atoms with Crippen LogP contribution in [0.3, 0.4) is 0 Å². The van der Waals surface area contributed by atoms with Gasteiger partial charge in [0.05, 0.1) is 32.5 Å². The van der Waals surface area contributed by atoms with Crippen molar-refractivity contribution in [1.82, 2.24) is 19.9 Å². The topological polar surface area (TPSA) is 118 Å². The minimum absolute atomic E-state index is 0.0116. The molecule has 0 atom stereocenters. The van der Waals surface area contributed by atoms with Crippen molar-refractivity contribution in [3.63, 3.8) is 0 Å². The number of alkyl halides is 3.